The minimum absolute atomic E-state index is 0.0420. The van der Waals surface area contributed by atoms with Crippen molar-refractivity contribution < 1.29 is 8.78 Å². The molecule has 0 aliphatic rings. The van der Waals surface area contributed by atoms with Gasteiger partial charge in [0, 0.05) is 22.0 Å². The third-order valence-corrected chi connectivity index (χ3v) is 2.76. The van der Waals surface area contributed by atoms with Crippen molar-refractivity contribution in [2.24, 2.45) is 5.73 Å². The largest absolute Gasteiger partial charge is 0.325 e. The SMILES string of the molecule is Cc1ccc(Br)cc1C(F)(F)CC(C)(C)N. The van der Waals surface area contributed by atoms with Crippen molar-refractivity contribution in [2.45, 2.75) is 38.7 Å². The summed E-state index contributed by atoms with van der Waals surface area (Å²) in [4.78, 5) is 0. The molecule has 0 fully saturated rings. The van der Waals surface area contributed by atoms with Gasteiger partial charge in [-0.25, -0.2) is 8.78 Å². The van der Waals surface area contributed by atoms with Gasteiger partial charge in [-0.1, -0.05) is 22.0 Å². The van der Waals surface area contributed by atoms with Gasteiger partial charge >= 0.3 is 0 Å². The van der Waals surface area contributed by atoms with Crippen LogP contribution < -0.4 is 5.73 Å². The van der Waals surface area contributed by atoms with Gasteiger partial charge in [0.25, 0.3) is 5.92 Å². The lowest BCUT2D eigenvalue weighted by Gasteiger charge is -2.27. The lowest BCUT2D eigenvalue weighted by molar-refractivity contribution is -0.0301. The Kier molecular flexibility index (Phi) is 3.75. The number of aryl methyl sites for hydroxylation is 1. The first-order valence-corrected chi connectivity index (χ1v) is 5.84. The molecule has 0 spiro atoms. The molecule has 1 aromatic rings. The molecule has 0 aromatic heterocycles. The maximum absolute atomic E-state index is 14.0. The molecule has 1 rings (SSSR count). The molecule has 0 unspecified atom stereocenters. The Bertz CT molecular complexity index is 383. The highest BCUT2D eigenvalue weighted by Gasteiger charge is 2.37. The van der Waals surface area contributed by atoms with Crippen LogP contribution in [-0.2, 0) is 5.92 Å². The van der Waals surface area contributed by atoms with Crippen LogP contribution in [0.1, 0.15) is 31.4 Å². The van der Waals surface area contributed by atoms with E-state index in [0.29, 0.717) is 10.0 Å². The molecule has 0 saturated heterocycles. The van der Waals surface area contributed by atoms with E-state index in [0.717, 1.165) is 0 Å². The van der Waals surface area contributed by atoms with Crippen molar-refractivity contribution in [3.8, 4) is 0 Å². The number of hydrogen-bond acceptors (Lipinski definition) is 1. The third-order valence-electron chi connectivity index (χ3n) is 2.27. The molecule has 0 radical (unpaired) electrons. The predicted octanol–water partition coefficient (Wildman–Crippen LogP) is 3.98. The van der Waals surface area contributed by atoms with Gasteiger partial charge in [-0.05, 0) is 38.5 Å². The Balaban J connectivity index is 3.11. The highest BCUT2D eigenvalue weighted by Crippen LogP contribution is 2.38. The summed E-state index contributed by atoms with van der Waals surface area (Å²) in [5.74, 6) is -2.90. The minimum Gasteiger partial charge on any atom is -0.325 e. The Morgan fingerprint density at radius 2 is 1.88 bits per heavy atom. The topological polar surface area (TPSA) is 26.0 Å². The Hall–Kier alpha value is -0.480. The first-order chi connectivity index (χ1) is 7.12. The number of rotatable bonds is 3. The lowest BCUT2D eigenvalue weighted by Crippen LogP contribution is -2.38. The van der Waals surface area contributed by atoms with Crippen LogP contribution >= 0.6 is 15.9 Å². The number of hydrogen-bond donors (Lipinski definition) is 1. The summed E-state index contributed by atoms with van der Waals surface area (Å²) in [6.07, 6.45) is -0.364. The van der Waals surface area contributed by atoms with Crippen molar-refractivity contribution in [1.29, 1.82) is 0 Å². The molecule has 0 aliphatic carbocycles. The molecule has 2 N–H and O–H groups in total. The fraction of sp³-hybridized carbons (Fsp3) is 0.500. The van der Waals surface area contributed by atoms with E-state index in [-0.39, 0.29) is 12.0 Å². The summed E-state index contributed by atoms with van der Waals surface area (Å²) in [6.45, 7) is 4.89. The maximum Gasteiger partial charge on any atom is 0.275 e. The molecule has 0 heterocycles. The fourth-order valence-corrected chi connectivity index (χ4v) is 2.02. The molecule has 1 nitrogen and oxygen atoms in total. The van der Waals surface area contributed by atoms with Crippen molar-refractivity contribution in [3.63, 3.8) is 0 Å². The normalized spacial score (nSPS) is 12.9. The van der Waals surface area contributed by atoms with Crippen LogP contribution in [0.25, 0.3) is 0 Å². The molecule has 0 amide bonds. The predicted molar refractivity (Wildman–Crippen MR) is 65.7 cm³/mol. The van der Waals surface area contributed by atoms with Gasteiger partial charge in [0.1, 0.15) is 0 Å². The summed E-state index contributed by atoms with van der Waals surface area (Å²) < 4.78 is 28.6. The summed E-state index contributed by atoms with van der Waals surface area (Å²) in [5.41, 5.74) is 5.39. The highest BCUT2D eigenvalue weighted by molar-refractivity contribution is 9.10. The van der Waals surface area contributed by atoms with Crippen LogP contribution in [-0.4, -0.2) is 5.54 Å². The van der Waals surface area contributed by atoms with Crippen LogP contribution in [0.15, 0.2) is 22.7 Å². The Morgan fingerprint density at radius 3 is 2.38 bits per heavy atom. The third kappa shape index (κ3) is 3.52. The molecule has 90 valence electrons. The fourth-order valence-electron chi connectivity index (χ4n) is 1.66. The number of nitrogens with two attached hydrogens (primary N) is 1. The molecule has 0 saturated carbocycles. The summed E-state index contributed by atoms with van der Waals surface area (Å²) in [5, 5.41) is 0. The Morgan fingerprint density at radius 1 is 1.31 bits per heavy atom. The van der Waals surface area contributed by atoms with Crippen LogP contribution in [0.5, 0.6) is 0 Å². The highest BCUT2D eigenvalue weighted by atomic mass is 79.9. The van der Waals surface area contributed by atoms with Crippen LogP contribution in [0.2, 0.25) is 0 Å². The zero-order valence-electron chi connectivity index (χ0n) is 9.65. The van der Waals surface area contributed by atoms with Crippen molar-refractivity contribution in [3.05, 3.63) is 33.8 Å². The zero-order valence-corrected chi connectivity index (χ0v) is 11.2. The smallest absolute Gasteiger partial charge is 0.275 e. The number of alkyl halides is 2. The lowest BCUT2D eigenvalue weighted by atomic mass is 9.91. The van der Waals surface area contributed by atoms with E-state index in [4.69, 9.17) is 5.73 Å². The van der Waals surface area contributed by atoms with Crippen LogP contribution in [0, 0.1) is 6.92 Å². The van der Waals surface area contributed by atoms with Crippen LogP contribution in [0.4, 0.5) is 8.78 Å². The molecule has 4 heteroatoms. The quantitative estimate of drug-likeness (QED) is 0.896. The Labute approximate surface area is 103 Å². The van der Waals surface area contributed by atoms with E-state index in [9.17, 15) is 8.78 Å². The van der Waals surface area contributed by atoms with Crippen molar-refractivity contribution in [2.75, 3.05) is 0 Å². The first kappa shape index (κ1) is 13.6. The average Bonchev–Trinajstić information content (AvgIpc) is 2.04. The molecule has 16 heavy (non-hydrogen) atoms. The second-order valence-electron chi connectivity index (χ2n) is 4.83. The van der Waals surface area contributed by atoms with E-state index in [1.54, 1.807) is 32.9 Å². The van der Waals surface area contributed by atoms with Crippen molar-refractivity contribution in [1.82, 2.24) is 0 Å². The molecule has 0 atom stereocenters. The summed E-state index contributed by atoms with van der Waals surface area (Å²) in [7, 11) is 0. The molecule has 0 aliphatic heterocycles. The van der Waals surface area contributed by atoms with E-state index in [1.807, 2.05) is 0 Å². The van der Waals surface area contributed by atoms with E-state index in [1.165, 1.54) is 6.07 Å². The van der Waals surface area contributed by atoms with Gasteiger partial charge in [-0.3, -0.25) is 0 Å². The number of halogens is 3. The first-order valence-electron chi connectivity index (χ1n) is 5.05. The summed E-state index contributed by atoms with van der Waals surface area (Å²) in [6, 6.07) is 4.89. The van der Waals surface area contributed by atoms with Crippen LogP contribution in [0.3, 0.4) is 0 Å². The molecule has 1 aromatic carbocycles. The van der Waals surface area contributed by atoms with Gasteiger partial charge in [0.05, 0.1) is 0 Å². The van der Waals surface area contributed by atoms with Gasteiger partial charge in [0.15, 0.2) is 0 Å². The average molecular weight is 292 g/mol. The second kappa shape index (κ2) is 4.41. The van der Waals surface area contributed by atoms with Gasteiger partial charge < -0.3 is 5.73 Å². The second-order valence-corrected chi connectivity index (χ2v) is 5.74. The van der Waals surface area contributed by atoms with Gasteiger partial charge in [-0.15, -0.1) is 0 Å². The molecular weight excluding hydrogens is 276 g/mol. The molecular formula is C12H16BrF2N. The standard InChI is InChI=1S/C12H16BrF2N/c1-8-4-5-9(13)6-10(8)12(14,15)7-11(2,3)16/h4-6H,7,16H2,1-3H3. The van der Waals surface area contributed by atoms with Gasteiger partial charge in [0.2, 0.25) is 0 Å². The van der Waals surface area contributed by atoms with Gasteiger partial charge in [-0.2, -0.15) is 0 Å². The maximum atomic E-state index is 14.0. The van der Waals surface area contributed by atoms with E-state index in [2.05, 4.69) is 15.9 Å². The van der Waals surface area contributed by atoms with E-state index < -0.39 is 11.5 Å². The molecule has 0 bridgehead atoms. The summed E-state index contributed by atoms with van der Waals surface area (Å²) >= 11 is 3.20. The minimum atomic E-state index is -2.90. The number of benzene rings is 1. The van der Waals surface area contributed by atoms with Crippen molar-refractivity contribution >= 4 is 15.9 Å². The monoisotopic (exact) mass is 291 g/mol. The zero-order chi connectivity index (χ0) is 12.6. The van der Waals surface area contributed by atoms with E-state index >= 15 is 0 Å².